The van der Waals surface area contributed by atoms with Crippen molar-refractivity contribution >= 4 is 38.0 Å². The second kappa shape index (κ2) is 5.98. The number of nitrogens with zero attached hydrogens (tertiary/aromatic N) is 4. The molecule has 0 spiro atoms. The van der Waals surface area contributed by atoms with Crippen molar-refractivity contribution in [3.63, 3.8) is 0 Å². The lowest BCUT2D eigenvalue weighted by Crippen LogP contribution is -2.23. The molecule has 0 aliphatic rings. The van der Waals surface area contributed by atoms with Gasteiger partial charge in [0.05, 0.1) is 23.8 Å². The highest BCUT2D eigenvalue weighted by Gasteiger charge is 2.19. The predicted molar refractivity (Wildman–Crippen MR) is 98.2 cm³/mol. The molecule has 3 aromatic heterocycles. The monoisotopic (exact) mass is 418 g/mol. The van der Waals surface area contributed by atoms with Gasteiger partial charge in [-0.2, -0.15) is 0 Å². The van der Waals surface area contributed by atoms with E-state index < -0.39 is 11.6 Å². The zero-order valence-electron chi connectivity index (χ0n) is 13.9. The third kappa shape index (κ3) is 2.52. The molecule has 3 heterocycles. The van der Waals surface area contributed by atoms with Crippen molar-refractivity contribution in [3.05, 3.63) is 68.3 Å². The number of imidazole rings is 1. The van der Waals surface area contributed by atoms with Gasteiger partial charge >= 0.3 is 5.69 Å². The van der Waals surface area contributed by atoms with E-state index in [9.17, 15) is 13.6 Å². The molecule has 0 fully saturated rings. The third-order valence-electron chi connectivity index (χ3n) is 4.39. The van der Waals surface area contributed by atoms with Crippen LogP contribution in [-0.2, 0) is 13.6 Å². The maximum atomic E-state index is 14.3. The first-order chi connectivity index (χ1) is 12.4. The van der Waals surface area contributed by atoms with E-state index in [0.717, 1.165) is 5.69 Å². The molecule has 0 unspecified atom stereocenters. The van der Waals surface area contributed by atoms with Crippen LogP contribution >= 0.6 is 15.9 Å². The highest BCUT2D eigenvalue weighted by atomic mass is 79.9. The Morgan fingerprint density at radius 1 is 1.19 bits per heavy atom. The average molecular weight is 419 g/mol. The largest absolute Gasteiger partial charge is 0.329 e. The Morgan fingerprint density at radius 3 is 2.58 bits per heavy atom. The summed E-state index contributed by atoms with van der Waals surface area (Å²) in [4.78, 5) is 21.4. The topological polar surface area (TPSA) is 52.7 Å². The fourth-order valence-corrected chi connectivity index (χ4v) is 3.49. The Hall–Kier alpha value is -2.61. The van der Waals surface area contributed by atoms with Crippen molar-refractivity contribution in [3.8, 4) is 0 Å². The molecule has 1 aromatic carbocycles. The Balaban J connectivity index is 2.04. The van der Waals surface area contributed by atoms with Gasteiger partial charge in [0, 0.05) is 28.2 Å². The van der Waals surface area contributed by atoms with E-state index >= 15 is 0 Å². The smallest absolute Gasteiger partial charge is 0.293 e. The molecule has 4 aromatic rings. The van der Waals surface area contributed by atoms with Gasteiger partial charge < -0.3 is 0 Å². The van der Waals surface area contributed by atoms with E-state index in [4.69, 9.17) is 0 Å². The molecule has 0 N–H and O–H groups in total. The molecule has 0 amide bonds. The Kier molecular flexibility index (Phi) is 3.87. The molecule has 26 heavy (non-hydrogen) atoms. The summed E-state index contributed by atoms with van der Waals surface area (Å²) in [5, 5.41) is 0.656. The SMILES string of the molecule is Cc1ccc2c(ncc3c2n(Cc2c(F)cc(Br)cc2F)c(=O)n3C)n1. The van der Waals surface area contributed by atoms with Crippen molar-refractivity contribution < 1.29 is 8.78 Å². The molecule has 0 aliphatic carbocycles. The van der Waals surface area contributed by atoms with Crippen molar-refractivity contribution in [2.75, 3.05) is 0 Å². The number of hydrogen-bond acceptors (Lipinski definition) is 3. The summed E-state index contributed by atoms with van der Waals surface area (Å²) in [5.41, 5.74) is 1.85. The van der Waals surface area contributed by atoms with Crippen LogP contribution in [0.5, 0.6) is 0 Å². The van der Waals surface area contributed by atoms with Crippen LogP contribution in [0, 0.1) is 18.6 Å². The Morgan fingerprint density at radius 2 is 1.88 bits per heavy atom. The van der Waals surface area contributed by atoms with Gasteiger partial charge in [-0.15, -0.1) is 0 Å². The summed E-state index contributed by atoms with van der Waals surface area (Å²) in [6, 6.07) is 5.99. The maximum Gasteiger partial charge on any atom is 0.329 e. The van der Waals surface area contributed by atoms with Gasteiger partial charge in [0.15, 0.2) is 5.65 Å². The summed E-state index contributed by atoms with van der Waals surface area (Å²) in [6.07, 6.45) is 1.55. The van der Waals surface area contributed by atoms with E-state index in [2.05, 4.69) is 25.9 Å². The summed E-state index contributed by atoms with van der Waals surface area (Å²) >= 11 is 3.06. The summed E-state index contributed by atoms with van der Waals surface area (Å²) < 4.78 is 31.6. The molecule has 0 saturated heterocycles. The second-order valence-corrected chi connectivity index (χ2v) is 7.01. The maximum absolute atomic E-state index is 14.3. The highest BCUT2D eigenvalue weighted by molar-refractivity contribution is 9.10. The van der Waals surface area contributed by atoms with Crippen LogP contribution in [-0.4, -0.2) is 19.1 Å². The van der Waals surface area contributed by atoms with Crippen LogP contribution in [0.3, 0.4) is 0 Å². The van der Waals surface area contributed by atoms with Crippen LogP contribution in [0.2, 0.25) is 0 Å². The minimum absolute atomic E-state index is 0.173. The zero-order valence-corrected chi connectivity index (χ0v) is 15.5. The first-order valence-electron chi connectivity index (χ1n) is 7.82. The minimum atomic E-state index is -0.715. The van der Waals surface area contributed by atoms with E-state index in [1.165, 1.54) is 21.3 Å². The van der Waals surface area contributed by atoms with Gasteiger partial charge in [-0.05, 0) is 31.2 Å². The van der Waals surface area contributed by atoms with Gasteiger partial charge in [-0.1, -0.05) is 15.9 Å². The molecule has 0 saturated carbocycles. The lowest BCUT2D eigenvalue weighted by Gasteiger charge is -2.08. The highest BCUT2D eigenvalue weighted by Crippen LogP contribution is 2.25. The van der Waals surface area contributed by atoms with Gasteiger partial charge in [0.1, 0.15) is 11.6 Å². The molecular weight excluding hydrogens is 406 g/mol. The van der Waals surface area contributed by atoms with Crippen LogP contribution in [0.25, 0.3) is 22.1 Å². The number of halogens is 3. The van der Waals surface area contributed by atoms with Crippen molar-refractivity contribution in [1.29, 1.82) is 0 Å². The van der Waals surface area contributed by atoms with Crippen molar-refractivity contribution in [2.24, 2.45) is 7.05 Å². The molecule has 8 heteroatoms. The number of fused-ring (bicyclic) bond motifs is 3. The third-order valence-corrected chi connectivity index (χ3v) is 4.85. The van der Waals surface area contributed by atoms with Crippen LogP contribution in [0.15, 0.2) is 39.7 Å². The lowest BCUT2D eigenvalue weighted by atomic mass is 10.2. The number of rotatable bonds is 2. The van der Waals surface area contributed by atoms with Gasteiger partial charge in [0.25, 0.3) is 0 Å². The van der Waals surface area contributed by atoms with Crippen LogP contribution < -0.4 is 5.69 Å². The number of pyridine rings is 2. The molecule has 5 nitrogen and oxygen atoms in total. The van der Waals surface area contributed by atoms with Gasteiger partial charge in [-0.3, -0.25) is 9.13 Å². The first-order valence-corrected chi connectivity index (χ1v) is 8.61. The van der Waals surface area contributed by atoms with Gasteiger partial charge in [0.2, 0.25) is 0 Å². The first kappa shape index (κ1) is 16.8. The fraction of sp³-hybridized carbons (Fsp3) is 0.167. The van der Waals surface area contributed by atoms with Crippen LogP contribution in [0.1, 0.15) is 11.3 Å². The van der Waals surface area contributed by atoms with Crippen LogP contribution in [0.4, 0.5) is 8.78 Å². The summed E-state index contributed by atoms with van der Waals surface area (Å²) in [7, 11) is 1.60. The predicted octanol–water partition coefficient (Wildman–Crippen LogP) is 3.68. The second-order valence-electron chi connectivity index (χ2n) is 6.09. The van der Waals surface area contributed by atoms with E-state index in [1.54, 1.807) is 13.2 Å². The summed E-state index contributed by atoms with van der Waals surface area (Å²) in [5.74, 6) is -1.43. The standard InChI is InChI=1S/C18H13BrF2N4O/c1-9-3-4-11-16-15(7-22-17(11)23-9)24(2)18(26)25(16)8-12-13(20)5-10(19)6-14(12)21/h3-7H,8H2,1-2H3. The van der Waals surface area contributed by atoms with Gasteiger partial charge in [-0.25, -0.2) is 23.5 Å². The number of aromatic nitrogens is 4. The number of aryl methyl sites for hydroxylation is 2. The Labute approximate surface area is 155 Å². The van der Waals surface area contributed by atoms with Crippen molar-refractivity contribution in [2.45, 2.75) is 13.5 Å². The Bertz CT molecular complexity index is 1220. The minimum Gasteiger partial charge on any atom is -0.293 e. The quantitative estimate of drug-likeness (QED) is 0.498. The average Bonchev–Trinajstić information content (AvgIpc) is 2.82. The molecule has 132 valence electrons. The molecule has 0 aliphatic heterocycles. The molecule has 0 radical (unpaired) electrons. The molecule has 4 rings (SSSR count). The lowest BCUT2D eigenvalue weighted by molar-refractivity contribution is 0.541. The number of benzene rings is 1. The van der Waals surface area contributed by atoms with E-state index in [0.29, 0.717) is 26.5 Å². The van der Waals surface area contributed by atoms with E-state index in [1.807, 2.05) is 19.1 Å². The van der Waals surface area contributed by atoms with Crippen molar-refractivity contribution in [1.82, 2.24) is 19.1 Å². The normalized spacial score (nSPS) is 11.6. The molecule has 0 bridgehead atoms. The molecular formula is C18H13BrF2N4O. The van der Waals surface area contributed by atoms with E-state index in [-0.39, 0.29) is 17.8 Å². The number of hydrogen-bond donors (Lipinski definition) is 0. The zero-order chi connectivity index (χ0) is 18.6. The molecule has 0 atom stereocenters. The summed E-state index contributed by atoms with van der Waals surface area (Å²) in [6.45, 7) is 1.62. The fourth-order valence-electron chi connectivity index (χ4n) is 3.08.